The first-order chi connectivity index (χ1) is 13.8. The largest absolute Gasteiger partial charge is 0.492 e. The van der Waals surface area contributed by atoms with Gasteiger partial charge in [-0.2, -0.15) is 0 Å². The summed E-state index contributed by atoms with van der Waals surface area (Å²) in [6, 6.07) is 13.0. The van der Waals surface area contributed by atoms with Gasteiger partial charge in [-0.15, -0.1) is 0 Å². The molecule has 0 spiro atoms. The molecule has 0 fully saturated rings. The van der Waals surface area contributed by atoms with Gasteiger partial charge in [-0.1, -0.05) is 25.1 Å². The lowest BCUT2D eigenvalue weighted by atomic mass is 10.1. The predicted octanol–water partition coefficient (Wildman–Crippen LogP) is 2.28. The van der Waals surface area contributed by atoms with Crippen molar-refractivity contribution >= 4 is 21.6 Å². The van der Waals surface area contributed by atoms with Crippen LogP contribution in [0.1, 0.15) is 18.1 Å². The van der Waals surface area contributed by atoms with Crippen LogP contribution in [0.25, 0.3) is 0 Å². The van der Waals surface area contributed by atoms with Crippen LogP contribution in [-0.4, -0.2) is 46.4 Å². The van der Waals surface area contributed by atoms with E-state index in [1.807, 2.05) is 37.3 Å². The molecule has 3 rings (SSSR count). The van der Waals surface area contributed by atoms with E-state index < -0.39 is 16.1 Å². The summed E-state index contributed by atoms with van der Waals surface area (Å²) < 4.78 is 37.0. The SMILES string of the molecule is CCc1ccc(OCCNC(=O)[C@@H]2CN(S(C)(=O)=O)c3cc(C)ccc3O2)cc1. The van der Waals surface area contributed by atoms with Crippen LogP contribution in [0, 0.1) is 6.92 Å². The number of aryl methyl sites for hydroxylation is 2. The Hall–Kier alpha value is -2.74. The van der Waals surface area contributed by atoms with E-state index >= 15 is 0 Å². The summed E-state index contributed by atoms with van der Waals surface area (Å²) in [5.74, 6) is 0.729. The summed E-state index contributed by atoms with van der Waals surface area (Å²) in [5, 5.41) is 2.75. The minimum Gasteiger partial charge on any atom is -0.492 e. The number of nitrogens with one attached hydrogen (secondary N) is 1. The van der Waals surface area contributed by atoms with Gasteiger partial charge in [0.15, 0.2) is 6.10 Å². The van der Waals surface area contributed by atoms with Crippen molar-refractivity contribution in [1.82, 2.24) is 5.32 Å². The molecule has 0 radical (unpaired) electrons. The fourth-order valence-electron chi connectivity index (χ4n) is 3.09. The van der Waals surface area contributed by atoms with Gasteiger partial charge in [-0.05, 0) is 48.7 Å². The Bertz CT molecular complexity index is 973. The van der Waals surface area contributed by atoms with Crippen molar-refractivity contribution in [2.24, 2.45) is 0 Å². The summed E-state index contributed by atoms with van der Waals surface area (Å²) in [7, 11) is -3.54. The standard InChI is InChI=1S/C21H26N2O5S/c1-4-16-6-8-17(9-7-16)27-12-11-22-21(24)20-14-23(29(3,25)26)18-13-15(2)5-10-19(18)28-20/h5-10,13,20H,4,11-12,14H2,1-3H3,(H,22,24)/t20-/m0/s1. The molecule has 0 saturated carbocycles. The van der Waals surface area contributed by atoms with E-state index in [1.165, 1.54) is 9.87 Å². The zero-order valence-electron chi connectivity index (χ0n) is 16.8. The molecule has 1 amide bonds. The predicted molar refractivity (Wildman–Crippen MR) is 112 cm³/mol. The zero-order chi connectivity index (χ0) is 21.0. The van der Waals surface area contributed by atoms with Crippen LogP contribution in [0.3, 0.4) is 0 Å². The molecule has 0 unspecified atom stereocenters. The van der Waals surface area contributed by atoms with E-state index in [-0.39, 0.29) is 19.0 Å². The lowest BCUT2D eigenvalue weighted by molar-refractivity contribution is -0.127. The van der Waals surface area contributed by atoms with Gasteiger partial charge in [-0.3, -0.25) is 9.10 Å². The highest BCUT2D eigenvalue weighted by molar-refractivity contribution is 7.92. The van der Waals surface area contributed by atoms with Crippen molar-refractivity contribution in [1.29, 1.82) is 0 Å². The topological polar surface area (TPSA) is 84.9 Å². The lowest BCUT2D eigenvalue weighted by Crippen LogP contribution is -2.51. The van der Waals surface area contributed by atoms with Crippen molar-refractivity contribution < 1.29 is 22.7 Å². The number of anilines is 1. The van der Waals surface area contributed by atoms with Crippen molar-refractivity contribution in [2.75, 3.05) is 30.3 Å². The fourth-order valence-corrected chi connectivity index (χ4v) is 4.00. The number of carbonyl (C=O) groups is 1. The molecule has 1 atom stereocenters. The third-order valence-electron chi connectivity index (χ3n) is 4.68. The number of ether oxygens (including phenoxy) is 2. The van der Waals surface area contributed by atoms with Crippen LogP contribution in [0.15, 0.2) is 42.5 Å². The summed E-state index contributed by atoms with van der Waals surface area (Å²) in [6.45, 7) is 4.47. The summed E-state index contributed by atoms with van der Waals surface area (Å²) in [6.07, 6.45) is 1.16. The number of nitrogens with zero attached hydrogens (tertiary/aromatic N) is 1. The molecular formula is C21H26N2O5S. The molecule has 8 heteroatoms. The van der Waals surface area contributed by atoms with Crippen molar-refractivity contribution in [2.45, 2.75) is 26.4 Å². The Balaban J connectivity index is 1.58. The summed E-state index contributed by atoms with van der Waals surface area (Å²) >= 11 is 0. The Morgan fingerprint density at radius 3 is 2.62 bits per heavy atom. The average molecular weight is 419 g/mol. The average Bonchev–Trinajstić information content (AvgIpc) is 2.70. The highest BCUT2D eigenvalue weighted by Crippen LogP contribution is 2.35. The lowest BCUT2D eigenvalue weighted by Gasteiger charge is -2.34. The number of rotatable bonds is 7. The molecule has 1 aliphatic heterocycles. The molecule has 0 bridgehead atoms. The van der Waals surface area contributed by atoms with Crippen LogP contribution < -0.4 is 19.1 Å². The second-order valence-electron chi connectivity index (χ2n) is 7.01. The number of carbonyl (C=O) groups excluding carboxylic acids is 1. The molecule has 1 N–H and O–H groups in total. The maximum atomic E-state index is 12.5. The van der Waals surface area contributed by atoms with E-state index in [1.54, 1.807) is 12.1 Å². The third-order valence-corrected chi connectivity index (χ3v) is 5.82. The molecule has 1 aliphatic rings. The molecule has 2 aromatic carbocycles. The highest BCUT2D eigenvalue weighted by atomic mass is 32.2. The zero-order valence-corrected chi connectivity index (χ0v) is 17.7. The van der Waals surface area contributed by atoms with Crippen LogP contribution in [-0.2, 0) is 21.2 Å². The molecule has 156 valence electrons. The molecule has 0 aromatic heterocycles. The number of fused-ring (bicyclic) bond motifs is 1. The van der Waals surface area contributed by atoms with Gasteiger partial charge in [0.2, 0.25) is 10.0 Å². The minimum atomic E-state index is -3.54. The van der Waals surface area contributed by atoms with Gasteiger partial charge in [-0.25, -0.2) is 8.42 Å². The van der Waals surface area contributed by atoms with Gasteiger partial charge in [0.25, 0.3) is 5.91 Å². The number of amides is 1. The third kappa shape index (κ3) is 5.20. The Morgan fingerprint density at radius 1 is 1.24 bits per heavy atom. The molecule has 29 heavy (non-hydrogen) atoms. The number of hydrogen-bond acceptors (Lipinski definition) is 5. The summed E-state index contributed by atoms with van der Waals surface area (Å²) in [5.41, 5.74) is 2.59. The van der Waals surface area contributed by atoms with Crippen LogP contribution >= 0.6 is 0 Å². The minimum absolute atomic E-state index is 0.0690. The number of hydrogen-bond donors (Lipinski definition) is 1. The van der Waals surface area contributed by atoms with Gasteiger partial charge in [0.1, 0.15) is 18.1 Å². The van der Waals surface area contributed by atoms with E-state index in [9.17, 15) is 13.2 Å². The highest BCUT2D eigenvalue weighted by Gasteiger charge is 2.34. The first-order valence-electron chi connectivity index (χ1n) is 9.52. The molecule has 0 saturated heterocycles. The van der Waals surface area contributed by atoms with Gasteiger partial charge >= 0.3 is 0 Å². The quantitative estimate of drug-likeness (QED) is 0.698. The number of benzene rings is 2. The van der Waals surface area contributed by atoms with Crippen LogP contribution in [0.5, 0.6) is 11.5 Å². The Morgan fingerprint density at radius 2 is 1.97 bits per heavy atom. The Labute approximate surface area is 171 Å². The molecule has 1 heterocycles. The number of sulfonamides is 1. The molecule has 7 nitrogen and oxygen atoms in total. The van der Waals surface area contributed by atoms with Crippen molar-refractivity contribution in [3.8, 4) is 11.5 Å². The molecule has 2 aromatic rings. The smallest absolute Gasteiger partial charge is 0.263 e. The fraction of sp³-hybridized carbons (Fsp3) is 0.381. The molecule has 0 aliphatic carbocycles. The first kappa shape index (κ1) is 21.0. The van der Waals surface area contributed by atoms with Crippen molar-refractivity contribution in [3.63, 3.8) is 0 Å². The second-order valence-corrected chi connectivity index (χ2v) is 8.92. The monoisotopic (exact) mass is 418 g/mol. The van der Waals surface area contributed by atoms with Crippen LogP contribution in [0.2, 0.25) is 0 Å². The van der Waals surface area contributed by atoms with Crippen LogP contribution in [0.4, 0.5) is 5.69 Å². The molecular weight excluding hydrogens is 392 g/mol. The van der Waals surface area contributed by atoms with Crippen molar-refractivity contribution in [3.05, 3.63) is 53.6 Å². The Kier molecular flexibility index (Phi) is 6.32. The maximum Gasteiger partial charge on any atom is 0.263 e. The maximum absolute atomic E-state index is 12.5. The van der Waals surface area contributed by atoms with Gasteiger partial charge < -0.3 is 14.8 Å². The van der Waals surface area contributed by atoms with Gasteiger partial charge in [0, 0.05) is 0 Å². The normalized spacial score (nSPS) is 16.0. The van der Waals surface area contributed by atoms with E-state index in [0.29, 0.717) is 18.0 Å². The first-order valence-corrected chi connectivity index (χ1v) is 11.4. The van der Waals surface area contributed by atoms with Gasteiger partial charge in [0.05, 0.1) is 25.0 Å². The summed E-state index contributed by atoms with van der Waals surface area (Å²) in [4.78, 5) is 12.5. The van der Waals surface area contributed by atoms with E-state index in [4.69, 9.17) is 9.47 Å². The van der Waals surface area contributed by atoms with E-state index in [2.05, 4.69) is 12.2 Å². The van der Waals surface area contributed by atoms with E-state index in [0.717, 1.165) is 24.0 Å². The second kappa shape index (κ2) is 8.73.